The third-order valence-corrected chi connectivity index (χ3v) is 3.83. The van der Waals surface area contributed by atoms with Gasteiger partial charge in [0.15, 0.2) is 6.61 Å². The molecule has 2 aromatic carbocycles. The van der Waals surface area contributed by atoms with Gasteiger partial charge in [-0.2, -0.15) is 0 Å². The largest absolute Gasteiger partial charge is 0.467 e. The maximum absolute atomic E-state index is 13.7. The molecule has 0 saturated heterocycles. The lowest BCUT2D eigenvalue weighted by Gasteiger charge is -2.09. The van der Waals surface area contributed by atoms with Crippen molar-refractivity contribution in [2.75, 3.05) is 11.9 Å². The fourth-order valence-corrected chi connectivity index (χ4v) is 2.55. The minimum atomic E-state index is -0.618. The van der Waals surface area contributed by atoms with Gasteiger partial charge in [-0.25, -0.2) is 14.4 Å². The van der Waals surface area contributed by atoms with Crippen LogP contribution in [0.4, 0.5) is 10.1 Å². The molecule has 5 nitrogen and oxygen atoms in total. The zero-order valence-corrected chi connectivity index (χ0v) is 14.4. The summed E-state index contributed by atoms with van der Waals surface area (Å²) >= 11 is 9.03. The van der Waals surface area contributed by atoms with E-state index in [0.717, 1.165) is 10.5 Å². The zero-order chi connectivity index (χ0) is 17.1. The number of aromatic nitrogens is 2. The second-order valence-corrected chi connectivity index (χ2v) is 6.15. The Morgan fingerprint density at radius 2 is 2.08 bits per heavy atom. The fraction of sp³-hybridized carbons (Fsp3) is 0.0625. The first kappa shape index (κ1) is 16.6. The third-order valence-electron chi connectivity index (χ3n) is 3.11. The smallest absolute Gasteiger partial charge is 0.262 e. The van der Waals surface area contributed by atoms with Gasteiger partial charge in [0.2, 0.25) is 5.88 Å². The van der Waals surface area contributed by atoms with Crippen LogP contribution in [-0.4, -0.2) is 22.5 Å². The highest BCUT2D eigenvalue weighted by atomic mass is 79.9. The van der Waals surface area contributed by atoms with E-state index in [4.69, 9.17) is 16.3 Å². The number of halogens is 3. The van der Waals surface area contributed by atoms with Crippen molar-refractivity contribution in [3.05, 3.63) is 58.0 Å². The third kappa shape index (κ3) is 3.80. The van der Waals surface area contributed by atoms with Crippen molar-refractivity contribution in [1.82, 2.24) is 9.97 Å². The molecule has 8 heteroatoms. The maximum Gasteiger partial charge on any atom is 0.262 e. The molecule has 0 radical (unpaired) electrons. The van der Waals surface area contributed by atoms with Crippen LogP contribution in [0.1, 0.15) is 0 Å². The van der Waals surface area contributed by atoms with Gasteiger partial charge in [-0.15, -0.1) is 0 Å². The Kier molecular flexibility index (Phi) is 4.92. The van der Waals surface area contributed by atoms with E-state index in [-0.39, 0.29) is 23.2 Å². The molecule has 3 rings (SSSR count). The summed E-state index contributed by atoms with van der Waals surface area (Å²) in [5.74, 6) is -0.863. The lowest BCUT2D eigenvalue weighted by atomic mass is 10.2. The molecule has 1 N–H and O–H groups in total. The predicted octanol–water partition coefficient (Wildman–Crippen LogP) is 4.20. The van der Waals surface area contributed by atoms with Crippen LogP contribution in [0.15, 0.2) is 47.2 Å². The van der Waals surface area contributed by atoms with Gasteiger partial charge in [0, 0.05) is 9.50 Å². The highest BCUT2D eigenvalue weighted by molar-refractivity contribution is 9.10. The summed E-state index contributed by atoms with van der Waals surface area (Å²) in [6.07, 6.45) is 1.35. The van der Waals surface area contributed by atoms with Crippen LogP contribution in [0.3, 0.4) is 0 Å². The lowest BCUT2D eigenvalue weighted by Crippen LogP contribution is -2.21. The number of nitrogens with one attached hydrogen (secondary N) is 1. The Labute approximate surface area is 150 Å². The Bertz CT molecular complexity index is 923. The number of amides is 1. The van der Waals surface area contributed by atoms with Crippen molar-refractivity contribution in [3.8, 4) is 5.88 Å². The van der Waals surface area contributed by atoms with E-state index in [0.29, 0.717) is 10.9 Å². The monoisotopic (exact) mass is 409 g/mol. The predicted molar refractivity (Wildman–Crippen MR) is 92.8 cm³/mol. The van der Waals surface area contributed by atoms with E-state index in [1.54, 1.807) is 12.1 Å². The minimum Gasteiger partial charge on any atom is -0.467 e. The zero-order valence-electron chi connectivity index (χ0n) is 12.1. The number of hydrogen-bond acceptors (Lipinski definition) is 4. The number of carbonyl (C=O) groups is 1. The molecule has 0 fully saturated rings. The summed E-state index contributed by atoms with van der Waals surface area (Å²) in [6, 6.07) is 9.42. The second-order valence-electron chi connectivity index (χ2n) is 4.80. The minimum absolute atomic E-state index is 0.0308. The normalized spacial score (nSPS) is 10.6. The van der Waals surface area contributed by atoms with E-state index in [1.165, 1.54) is 18.5 Å². The summed E-state index contributed by atoms with van der Waals surface area (Å²) in [5, 5.41) is 3.33. The maximum atomic E-state index is 13.7. The Balaban J connectivity index is 1.71. The van der Waals surface area contributed by atoms with Gasteiger partial charge in [0.05, 0.1) is 16.6 Å². The van der Waals surface area contributed by atoms with E-state index >= 15 is 0 Å². The van der Waals surface area contributed by atoms with Crippen molar-refractivity contribution in [2.45, 2.75) is 0 Å². The van der Waals surface area contributed by atoms with Gasteiger partial charge in [0.25, 0.3) is 5.91 Å². The SMILES string of the molecule is O=C(COc1ncnc2ccc(Br)cc12)Nc1ccc(Cl)cc1F. The lowest BCUT2D eigenvalue weighted by molar-refractivity contribution is -0.118. The molecular weight excluding hydrogens is 401 g/mol. The molecule has 0 aliphatic heterocycles. The molecule has 0 saturated carbocycles. The number of fused-ring (bicyclic) bond motifs is 1. The first-order chi connectivity index (χ1) is 11.5. The molecule has 0 aliphatic rings. The van der Waals surface area contributed by atoms with Crippen molar-refractivity contribution in [2.24, 2.45) is 0 Å². The number of hydrogen-bond donors (Lipinski definition) is 1. The molecule has 0 unspecified atom stereocenters. The van der Waals surface area contributed by atoms with Crippen molar-refractivity contribution in [1.29, 1.82) is 0 Å². The van der Waals surface area contributed by atoms with E-state index in [9.17, 15) is 9.18 Å². The van der Waals surface area contributed by atoms with Gasteiger partial charge in [-0.1, -0.05) is 27.5 Å². The number of benzene rings is 2. The number of anilines is 1. The van der Waals surface area contributed by atoms with E-state index < -0.39 is 11.7 Å². The van der Waals surface area contributed by atoms with Crippen LogP contribution in [0.2, 0.25) is 5.02 Å². The molecule has 0 spiro atoms. The molecule has 1 amide bonds. The molecule has 24 heavy (non-hydrogen) atoms. The van der Waals surface area contributed by atoms with Crippen molar-refractivity contribution in [3.63, 3.8) is 0 Å². The first-order valence-electron chi connectivity index (χ1n) is 6.81. The van der Waals surface area contributed by atoms with Crippen molar-refractivity contribution >= 4 is 50.0 Å². The standard InChI is InChI=1S/C16H10BrClFN3O2/c17-9-1-3-13-11(5-9)16(21-8-20-13)24-7-15(23)22-14-4-2-10(18)6-12(14)19/h1-6,8H,7H2,(H,22,23). The highest BCUT2D eigenvalue weighted by Crippen LogP contribution is 2.25. The topological polar surface area (TPSA) is 64.1 Å². The summed E-state index contributed by atoms with van der Waals surface area (Å²) in [6.45, 7) is -0.319. The molecule has 1 heterocycles. The number of nitrogens with zero attached hydrogens (tertiary/aromatic N) is 2. The van der Waals surface area contributed by atoms with Crippen LogP contribution in [0, 0.1) is 5.82 Å². The molecular formula is C16H10BrClFN3O2. The highest BCUT2D eigenvalue weighted by Gasteiger charge is 2.11. The van der Waals surface area contributed by atoms with Crippen LogP contribution >= 0.6 is 27.5 Å². The quantitative estimate of drug-likeness (QED) is 0.700. The average molecular weight is 411 g/mol. The fourth-order valence-electron chi connectivity index (χ4n) is 2.03. The molecule has 3 aromatic rings. The summed E-state index contributed by atoms with van der Waals surface area (Å²) in [7, 11) is 0. The van der Waals surface area contributed by atoms with Gasteiger partial charge in [-0.05, 0) is 36.4 Å². The van der Waals surface area contributed by atoms with Gasteiger partial charge >= 0.3 is 0 Å². The van der Waals surface area contributed by atoms with E-state index in [2.05, 4.69) is 31.2 Å². The number of carbonyl (C=O) groups excluding carboxylic acids is 1. The summed E-state index contributed by atoms with van der Waals surface area (Å²) < 4.78 is 19.9. The number of rotatable bonds is 4. The molecule has 0 atom stereocenters. The summed E-state index contributed by atoms with van der Waals surface area (Å²) in [4.78, 5) is 20.1. The first-order valence-corrected chi connectivity index (χ1v) is 7.98. The van der Waals surface area contributed by atoms with Crippen LogP contribution in [0.5, 0.6) is 5.88 Å². The van der Waals surface area contributed by atoms with Gasteiger partial charge in [-0.3, -0.25) is 4.79 Å². The average Bonchev–Trinajstić information content (AvgIpc) is 2.55. The summed E-state index contributed by atoms with van der Waals surface area (Å²) in [5.41, 5.74) is 0.718. The van der Waals surface area contributed by atoms with Crippen LogP contribution in [-0.2, 0) is 4.79 Å². The number of ether oxygens (including phenoxy) is 1. The molecule has 1 aromatic heterocycles. The Morgan fingerprint density at radius 1 is 1.25 bits per heavy atom. The van der Waals surface area contributed by atoms with Crippen LogP contribution < -0.4 is 10.1 Å². The molecule has 0 aliphatic carbocycles. The Morgan fingerprint density at radius 3 is 2.88 bits per heavy atom. The Hall–Kier alpha value is -2.25. The van der Waals surface area contributed by atoms with Gasteiger partial charge < -0.3 is 10.1 Å². The van der Waals surface area contributed by atoms with E-state index in [1.807, 2.05) is 6.07 Å². The molecule has 122 valence electrons. The van der Waals surface area contributed by atoms with Crippen LogP contribution in [0.25, 0.3) is 10.9 Å². The molecule has 0 bridgehead atoms. The van der Waals surface area contributed by atoms with Crippen molar-refractivity contribution < 1.29 is 13.9 Å². The van der Waals surface area contributed by atoms with Gasteiger partial charge in [0.1, 0.15) is 12.1 Å². The second kappa shape index (κ2) is 7.11.